The van der Waals surface area contributed by atoms with Crippen molar-refractivity contribution in [2.24, 2.45) is 0 Å². The molecule has 0 aliphatic heterocycles. The summed E-state index contributed by atoms with van der Waals surface area (Å²) in [7, 11) is 0. The van der Waals surface area contributed by atoms with Gasteiger partial charge in [0.05, 0.1) is 0 Å². The Balaban J connectivity index is 1.58. The van der Waals surface area contributed by atoms with Gasteiger partial charge in [-0.05, 0) is 24.1 Å². The van der Waals surface area contributed by atoms with Gasteiger partial charge in [0, 0.05) is 12.6 Å². The number of pyridine rings is 1. The van der Waals surface area contributed by atoms with Crippen molar-refractivity contribution >= 4 is 22.4 Å². The number of hydrogen-bond donors (Lipinski definition) is 1. The Morgan fingerprint density at radius 1 is 1.00 bits per heavy atom. The zero-order valence-electron chi connectivity index (χ0n) is 11.8. The zero-order valence-corrected chi connectivity index (χ0v) is 12.6. The van der Waals surface area contributed by atoms with Crippen LogP contribution in [0, 0.1) is 0 Å². The number of aromatic nitrogens is 3. The minimum Gasteiger partial charge on any atom is -0.295 e. The summed E-state index contributed by atoms with van der Waals surface area (Å²) in [5, 5.41) is 12.2. The maximum absolute atomic E-state index is 12.0. The predicted octanol–water partition coefficient (Wildman–Crippen LogP) is 2.97. The Bertz CT molecular complexity index is 743. The molecule has 5 nitrogen and oxygen atoms in total. The number of benzene rings is 1. The number of rotatable bonds is 5. The molecular weight excluding hydrogens is 296 g/mol. The minimum atomic E-state index is -0.272. The molecule has 22 heavy (non-hydrogen) atoms. The molecule has 0 fully saturated rings. The molecule has 0 bridgehead atoms. The van der Waals surface area contributed by atoms with E-state index in [1.807, 2.05) is 18.2 Å². The van der Waals surface area contributed by atoms with Crippen LogP contribution in [0.25, 0.3) is 0 Å². The molecule has 0 spiro atoms. The number of aryl methyl sites for hydroxylation is 2. The van der Waals surface area contributed by atoms with E-state index in [-0.39, 0.29) is 5.91 Å². The molecule has 0 aliphatic carbocycles. The smallest absolute Gasteiger partial charge is 0.276 e. The van der Waals surface area contributed by atoms with Crippen LogP contribution in [0.2, 0.25) is 0 Å². The van der Waals surface area contributed by atoms with Gasteiger partial charge < -0.3 is 0 Å². The van der Waals surface area contributed by atoms with Crippen molar-refractivity contribution in [2.75, 3.05) is 5.32 Å². The third-order valence-electron chi connectivity index (χ3n) is 3.06. The fraction of sp³-hybridized carbons (Fsp3) is 0.125. The zero-order chi connectivity index (χ0) is 15.2. The lowest BCUT2D eigenvalue weighted by atomic mass is 10.1. The first-order valence-corrected chi connectivity index (χ1v) is 7.71. The van der Waals surface area contributed by atoms with Crippen LogP contribution in [0.3, 0.4) is 0 Å². The number of anilines is 1. The predicted molar refractivity (Wildman–Crippen MR) is 85.9 cm³/mol. The number of amides is 1. The van der Waals surface area contributed by atoms with Crippen LogP contribution in [0.5, 0.6) is 0 Å². The summed E-state index contributed by atoms with van der Waals surface area (Å²) in [6, 6.07) is 15.4. The van der Waals surface area contributed by atoms with Gasteiger partial charge in [0.25, 0.3) is 5.91 Å². The largest absolute Gasteiger partial charge is 0.295 e. The fourth-order valence-corrected chi connectivity index (χ4v) is 2.69. The molecule has 1 aromatic carbocycles. The van der Waals surface area contributed by atoms with E-state index in [4.69, 9.17) is 0 Å². The first kappa shape index (κ1) is 14.3. The molecule has 2 aromatic heterocycles. The second-order valence-corrected chi connectivity index (χ2v) is 5.72. The highest BCUT2D eigenvalue weighted by Crippen LogP contribution is 2.17. The van der Waals surface area contributed by atoms with E-state index < -0.39 is 0 Å². The molecule has 3 rings (SSSR count). The van der Waals surface area contributed by atoms with E-state index >= 15 is 0 Å². The first-order valence-electron chi connectivity index (χ1n) is 6.90. The van der Waals surface area contributed by atoms with Crippen LogP contribution in [-0.4, -0.2) is 21.1 Å². The second-order valence-electron chi connectivity index (χ2n) is 4.66. The molecule has 0 saturated heterocycles. The SMILES string of the molecule is O=C(Nc1nnc(CCc2ccccc2)s1)c1ccccn1. The lowest BCUT2D eigenvalue weighted by Gasteiger charge is -1.99. The van der Waals surface area contributed by atoms with E-state index in [2.05, 4.69) is 32.6 Å². The molecule has 3 aromatic rings. The van der Waals surface area contributed by atoms with Crippen LogP contribution in [0.1, 0.15) is 21.1 Å². The van der Waals surface area contributed by atoms with Gasteiger partial charge in [-0.25, -0.2) is 0 Å². The van der Waals surface area contributed by atoms with Crippen molar-refractivity contribution in [2.45, 2.75) is 12.8 Å². The number of carbonyl (C=O) groups excluding carboxylic acids is 1. The van der Waals surface area contributed by atoms with E-state index in [0.29, 0.717) is 10.8 Å². The number of nitrogens with zero attached hydrogens (tertiary/aromatic N) is 3. The lowest BCUT2D eigenvalue weighted by Crippen LogP contribution is -2.13. The molecule has 6 heteroatoms. The van der Waals surface area contributed by atoms with Gasteiger partial charge >= 0.3 is 0 Å². The van der Waals surface area contributed by atoms with Crippen molar-refractivity contribution in [1.82, 2.24) is 15.2 Å². The van der Waals surface area contributed by atoms with Gasteiger partial charge in [0.15, 0.2) is 0 Å². The Labute approximate surface area is 132 Å². The summed E-state index contributed by atoms with van der Waals surface area (Å²) in [4.78, 5) is 16.0. The average molecular weight is 310 g/mol. The third-order valence-corrected chi connectivity index (χ3v) is 3.95. The molecule has 1 amide bonds. The van der Waals surface area contributed by atoms with E-state index in [0.717, 1.165) is 17.8 Å². The molecule has 0 radical (unpaired) electrons. The molecule has 0 aliphatic rings. The molecule has 0 saturated carbocycles. The van der Waals surface area contributed by atoms with Gasteiger partial charge in [-0.2, -0.15) is 0 Å². The quantitative estimate of drug-likeness (QED) is 0.786. The third kappa shape index (κ3) is 3.73. The average Bonchev–Trinajstić information content (AvgIpc) is 3.02. The summed E-state index contributed by atoms with van der Waals surface area (Å²) < 4.78 is 0. The van der Waals surface area contributed by atoms with Gasteiger partial charge in [-0.3, -0.25) is 15.1 Å². The summed E-state index contributed by atoms with van der Waals surface area (Å²) in [6.45, 7) is 0. The maximum Gasteiger partial charge on any atom is 0.276 e. The maximum atomic E-state index is 12.0. The highest BCUT2D eigenvalue weighted by molar-refractivity contribution is 7.15. The molecule has 2 heterocycles. The number of carbonyl (C=O) groups is 1. The Morgan fingerprint density at radius 3 is 2.59 bits per heavy atom. The van der Waals surface area contributed by atoms with Crippen LogP contribution in [0.15, 0.2) is 54.7 Å². The Hall–Kier alpha value is -2.60. The van der Waals surface area contributed by atoms with Gasteiger partial charge in [0.1, 0.15) is 10.7 Å². The van der Waals surface area contributed by atoms with Crippen molar-refractivity contribution in [1.29, 1.82) is 0 Å². The van der Waals surface area contributed by atoms with Crippen LogP contribution in [-0.2, 0) is 12.8 Å². The first-order chi connectivity index (χ1) is 10.8. The standard InChI is InChI=1S/C16H14N4OS/c21-15(13-8-4-5-11-17-13)18-16-20-19-14(22-16)10-9-12-6-2-1-3-7-12/h1-8,11H,9-10H2,(H,18,20,21). The lowest BCUT2D eigenvalue weighted by molar-refractivity contribution is 0.102. The Kier molecular flexibility index (Phi) is 4.50. The Morgan fingerprint density at radius 2 is 1.82 bits per heavy atom. The van der Waals surface area contributed by atoms with E-state index in [9.17, 15) is 4.79 Å². The van der Waals surface area contributed by atoms with Crippen molar-refractivity contribution in [3.63, 3.8) is 0 Å². The van der Waals surface area contributed by atoms with Crippen LogP contribution >= 0.6 is 11.3 Å². The van der Waals surface area contributed by atoms with E-state index in [1.165, 1.54) is 16.9 Å². The van der Waals surface area contributed by atoms with Gasteiger partial charge in [-0.1, -0.05) is 47.7 Å². The molecule has 0 unspecified atom stereocenters. The number of nitrogens with one attached hydrogen (secondary N) is 1. The molecule has 110 valence electrons. The van der Waals surface area contributed by atoms with Crippen molar-refractivity contribution < 1.29 is 4.79 Å². The minimum absolute atomic E-state index is 0.272. The number of hydrogen-bond acceptors (Lipinski definition) is 5. The van der Waals surface area contributed by atoms with Crippen LogP contribution in [0.4, 0.5) is 5.13 Å². The molecule has 1 N–H and O–H groups in total. The van der Waals surface area contributed by atoms with E-state index in [1.54, 1.807) is 24.4 Å². The topological polar surface area (TPSA) is 67.8 Å². The second kappa shape index (κ2) is 6.91. The van der Waals surface area contributed by atoms with Crippen LogP contribution < -0.4 is 5.32 Å². The van der Waals surface area contributed by atoms with Crippen molar-refractivity contribution in [3.05, 3.63) is 71.0 Å². The van der Waals surface area contributed by atoms with Gasteiger partial charge in [-0.15, -0.1) is 10.2 Å². The fourth-order valence-electron chi connectivity index (χ4n) is 1.96. The summed E-state index contributed by atoms with van der Waals surface area (Å²) in [5.41, 5.74) is 1.63. The normalized spacial score (nSPS) is 10.4. The van der Waals surface area contributed by atoms with Crippen molar-refractivity contribution in [3.8, 4) is 0 Å². The monoisotopic (exact) mass is 310 g/mol. The highest BCUT2D eigenvalue weighted by Gasteiger charge is 2.10. The van der Waals surface area contributed by atoms with Gasteiger partial charge in [0.2, 0.25) is 5.13 Å². The highest BCUT2D eigenvalue weighted by atomic mass is 32.1. The summed E-state index contributed by atoms with van der Waals surface area (Å²) in [5.74, 6) is -0.272. The summed E-state index contributed by atoms with van der Waals surface area (Å²) >= 11 is 1.39. The molecule has 0 atom stereocenters. The summed E-state index contributed by atoms with van der Waals surface area (Å²) in [6.07, 6.45) is 3.30. The molecular formula is C16H14N4OS.